The van der Waals surface area contributed by atoms with Gasteiger partial charge in [-0.3, -0.25) is 19.3 Å². The van der Waals surface area contributed by atoms with Crippen LogP contribution in [-0.2, 0) is 16.0 Å². The van der Waals surface area contributed by atoms with Gasteiger partial charge < -0.3 is 20.2 Å². The highest BCUT2D eigenvalue weighted by Crippen LogP contribution is 2.25. The maximum Gasteiger partial charge on any atom is 0.326 e. The van der Waals surface area contributed by atoms with Crippen LogP contribution in [0.1, 0.15) is 46.5 Å². The van der Waals surface area contributed by atoms with Crippen LogP contribution < -0.4 is 0 Å². The van der Waals surface area contributed by atoms with Gasteiger partial charge in [-0.15, -0.1) is 0 Å². The molecule has 3 amide bonds. The lowest BCUT2D eigenvalue weighted by Crippen LogP contribution is -2.54. The monoisotopic (exact) mass is 490 g/mol. The maximum atomic E-state index is 13.5. The Morgan fingerprint density at radius 3 is 2.22 bits per heavy atom. The van der Waals surface area contributed by atoms with Gasteiger partial charge in [0.15, 0.2) is 0 Å². The molecule has 0 saturated heterocycles. The molecule has 4 rings (SSSR count). The Bertz CT molecular complexity index is 1340. The zero-order chi connectivity index (χ0) is 26.0. The Hall–Kier alpha value is -4.47. The summed E-state index contributed by atoms with van der Waals surface area (Å²) in [4.78, 5) is 56.9. The van der Waals surface area contributed by atoms with Crippen LogP contribution in [0.3, 0.4) is 0 Å². The van der Waals surface area contributed by atoms with E-state index in [4.69, 9.17) is 0 Å². The summed E-state index contributed by atoms with van der Waals surface area (Å²) in [7, 11) is 0. The van der Waals surface area contributed by atoms with Gasteiger partial charge in [-0.2, -0.15) is 0 Å². The van der Waals surface area contributed by atoms with Gasteiger partial charge in [0.25, 0.3) is 17.7 Å². The first-order chi connectivity index (χ1) is 17.2. The second-order valence-corrected chi connectivity index (χ2v) is 9.06. The van der Waals surface area contributed by atoms with Gasteiger partial charge in [-0.05, 0) is 29.7 Å². The van der Waals surface area contributed by atoms with Crippen molar-refractivity contribution in [2.75, 3.05) is 6.67 Å². The summed E-state index contributed by atoms with van der Waals surface area (Å²) in [6, 6.07) is 12.1. The topological polar surface area (TPSA) is 143 Å². The number of carboxylic acids is 1. The first-order valence-corrected chi connectivity index (χ1v) is 11.5. The fourth-order valence-electron chi connectivity index (χ4n) is 4.39. The van der Waals surface area contributed by atoms with E-state index in [9.17, 15) is 29.5 Å². The normalized spacial score (nSPS) is 14.4. The highest BCUT2D eigenvalue weighted by molar-refractivity contribution is 6.39. The van der Waals surface area contributed by atoms with Gasteiger partial charge >= 0.3 is 5.97 Å². The molecule has 0 aliphatic carbocycles. The predicted octanol–water partition coefficient (Wildman–Crippen LogP) is 3.12. The molecule has 36 heavy (non-hydrogen) atoms. The van der Waals surface area contributed by atoms with Crippen molar-refractivity contribution in [1.82, 2.24) is 14.8 Å². The number of hydrogen-bond donors (Lipinski definition) is 3. The van der Waals surface area contributed by atoms with Gasteiger partial charge in [0.2, 0.25) is 0 Å². The number of benzene rings is 2. The average molecular weight is 491 g/mol. The first-order valence-electron chi connectivity index (χ1n) is 11.5. The van der Waals surface area contributed by atoms with Crippen LogP contribution >= 0.6 is 0 Å². The molecule has 1 aliphatic rings. The molecule has 3 N–H and O–H groups in total. The van der Waals surface area contributed by atoms with Gasteiger partial charge in [0.05, 0.1) is 11.1 Å². The molecule has 186 valence electrons. The van der Waals surface area contributed by atoms with E-state index in [-0.39, 0.29) is 35.6 Å². The smallest absolute Gasteiger partial charge is 0.326 e. The summed E-state index contributed by atoms with van der Waals surface area (Å²) in [5.74, 6) is -3.52. The number of hydrogen-bond acceptors (Lipinski definition) is 6. The van der Waals surface area contributed by atoms with E-state index in [1.165, 1.54) is 12.1 Å². The quantitative estimate of drug-likeness (QED) is 0.182. The second kappa shape index (κ2) is 10.0. The molecule has 1 aliphatic heterocycles. The highest BCUT2D eigenvalue weighted by atomic mass is 16.4. The third kappa shape index (κ3) is 4.57. The molecule has 0 radical (unpaired) electrons. The molecule has 0 saturated carbocycles. The van der Waals surface area contributed by atoms with Crippen LogP contribution in [0.5, 0.6) is 0 Å². The van der Waals surface area contributed by atoms with Crippen molar-refractivity contribution in [3.8, 4) is 0 Å². The maximum absolute atomic E-state index is 13.5. The van der Waals surface area contributed by atoms with Crippen LogP contribution in [0.4, 0.5) is 0 Å². The number of nitrogens with one attached hydrogen (secondary N) is 1. The number of nitrogens with zero attached hydrogens (tertiary/aromatic N) is 3. The van der Waals surface area contributed by atoms with Crippen molar-refractivity contribution < 1.29 is 29.5 Å². The molecule has 1 atom stereocenters. The predicted molar refractivity (Wildman–Crippen MR) is 131 cm³/mol. The standard InChI is InChI=1S/C26H26N4O6/c1-15(2)11-21(28-36)25(33)29(14-30-23(31)18-8-3-4-9-19(18)24(30)32)22(26(34)35)12-16-13-27-20-10-6-5-7-17(16)20/h3-10,13,15,22,27,36H,11-12,14H2,1-2H3,(H,34,35)/t22-/m0/s1. The molecule has 0 spiro atoms. The number of aliphatic carboxylic acids is 1. The zero-order valence-electron chi connectivity index (χ0n) is 19.8. The van der Waals surface area contributed by atoms with Crippen LogP contribution in [0.15, 0.2) is 59.9 Å². The molecule has 2 heterocycles. The minimum Gasteiger partial charge on any atom is -0.480 e. The molecular weight excluding hydrogens is 464 g/mol. The number of oxime groups is 1. The van der Waals surface area contributed by atoms with Crippen molar-refractivity contribution >= 4 is 40.3 Å². The molecule has 2 aromatic carbocycles. The van der Waals surface area contributed by atoms with E-state index in [0.29, 0.717) is 5.56 Å². The highest BCUT2D eigenvalue weighted by Gasteiger charge is 2.41. The van der Waals surface area contributed by atoms with E-state index in [1.54, 1.807) is 18.3 Å². The van der Waals surface area contributed by atoms with Gasteiger partial charge in [-0.1, -0.05) is 49.3 Å². The van der Waals surface area contributed by atoms with E-state index in [2.05, 4.69) is 10.1 Å². The number of H-pyrrole nitrogens is 1. The summed E-state index contributed by atoms with van der Waals surface area (Å²) >= 11 is 0. The fraction of sp³-hybridized carbons (Fsp3) is 0.269. The van der Waals surface area contributed by atoms with Crippen molar-refractivity contribution in [1.29, 1.82) is 0 Å². The Morgan fingerprint density at radius 1 is 1.03 bits per heavy atom. The Balaban J connectivity index is 1.73. The van der Waals surface area contributed by atoms with Crippen LogP contribution in [0, 0.1) is 5.92 Å². The number of fused-ring (bicyclic) bond motifs is 2. The molecule has 0 fully saturated rings. The van der Waals surface area contributed by atoms with E-state index >= 15 is 0 Å². The molecule has 1 aromatic heterocycles. The van der Waals surface area contributed by atoms with Crippen molar-refractivity contribution in [3.63, 3.8) is 0 Å². The second-order valence-electron chi connectivity index (χ2n) is 9.06. The lowest BCUT2D eigenvalue weighted by atomic mass is 10.0. The zero-order valence-corrected chi connectivity index (χ0v) is 19.8. The Kier molecular flexibility index (Phi) is 6.86. The lowest BCUT2D eigenvalue weighted by molar-refractivity contribution is -0.149. The largest absolute Gasteiger partial charge is 0.480 e. The molecule has 0 unspecified atom stereocenters. The van der Waals surface area contributed by atoms with Gasteiger partial charge in [0, 0.05) is 29.9 Å². The number of carboxylic acid groups (broad SMARTS) is 1. The lowest BCUT2D eigenvalue weighted by Gasteiger charge is -2.32. The van der Waals surface area contributed by atoms with Crippen LogP contribution in [0.25, 0.3) is 10.9 Å². The van der Waals surface area contributed by atoms with Crippen LogP contribution in [0.2, 0.25) is 0 Å². The minimum absolute atomic E-state index is 0.0714. The summed E-state index contributed by atoms with van der Waals surface area (Å²) in [5, 5.41) is 23.7. The minimum atomic E-state index is -1.45. The number of rotatable bonds is 9. The van der Waals surface area contributed by atoms with E-state index in [1.807, 2.05) is 38.1 Å². The van der Waals surface area contributed by atoms with Gasteiger partial charge in [-0.25, -0.2) is 4.79 Å². The Labute approximate surface area is 206 Å². The number of amides is 3. The summed E-state index contributed by atoms with van der Waals surface area (Å²) in [6.07, 6.45) is 1.64. The third-order valence-electron chi connectivity index (χ3n) is 6.15. The average Bonchev–Trinajstić information content (AvgIpc) is 3.38. The number of carbonyl (C=O) groups is 4. The molecule has 10 nitrogen and oxygen atoms in total. The fourth-order valence-corrected chi connectivity index (χ4v) is 4.39. The Morgan fingerprint density at radius 2 is 1.64 bits per heavy atom. The summed E-state index contributed by atoms with van der Waals surface area (Å²) < 4.78 is 0. The third-order valence-corrected chi connectivity index (χ3v) is 6.15. The number of para-hydroxylation sites is 1. The van der Waals surface area contributed by atoms with Crippen molar-refractivity contribution in [2.24, 2.45) is 11.1 Å². The van der Waals surface area contributed by atoms with Gasteiger partial charge in [0.1, 0.15) is 18.4 Å². The number of aromatic nitrogens is 1. The van der Waals surface area contributed by atoms with Crippen molar-refractivity contribution in [2.45, 2.75) is 32.7 Å². The van der Waals surface area contributed by atoms with E-state index < -0.39 is 36.4 Å². The summed E-state index contributed by atoms with van der Waals surface area (Å²) in [6.45, 7) is 3.02. The van der Waals surface area contributed by atoms with E-state index in [0.717, 1.165) is 20.7 Å². The molecule has 3 aromatic rings. The van der Waals surface area contributed by atoms with Crippen molar-refractivity contribution in [3.05, 3.63) is 71.4 Å². The first kappa shape index (κ1) is 24.6. The van der Waals surface area contributed by atoms with Crippen LogP contribution in [-0.4, -0.2) is 67.2 Å². The number of aromatic amines is 1. The summed E-state index contributed by atoms with van der Waals surface area (Å²) in [5.41, 5.74) is 1.54. The molecule has 0 bridgehead atoms. The molecule has 10 heteroatoms. The molecular formula is C26H26N4O6. The number of imide groups is 1. The number of carbonyl (C=O) groups excluding carboxylic acids is 3. The SMILES string of the molecule is CC(C)CC(=NO)C(=O)N(CN1C(=O)c2ccccc2C1=O)[C@@H](Cc1c[nH]c2ccccc12)C(=O)O.